The maximum Gasteiger partial charge on any atom is 0.197 e. The van der Waals surface area contributed by atoms with Gasteiger partial charge >= 0.3 is 0 Å². The van der Waals surface area contributed by atoms with Gasteiger partial charge in [0.25, 0.3) is 0 Å². The third-order valence-corrected chi connectivity index (χ3v) is 7.74. The summed E-state index contributed by atoms with van der Waals surface area (Å²) in [4.78, 5) is 12.4. The summed E-state index contributed by atoms with van der Waals surface area (Å²) in [7, 11) is 0. The third kappa shape index (κ3) is 2.76. The monoisotopic (exact) mass is 354 g/mol. The summed E-state index contributed by atoms with van der Waals surface area (Å²) in [6.07, 6.45) is 9.73. The summed E-state index contributed by atoms with van der Waals surface area (Å²) in [5, 5.41) is 11.7. The van der Waals surface area contributed by atoms with Crippen LogP contribution in [0, 0.1) is 23.2 Å². The molecule has 0 bridgehead atoms. The minimum atomic E-state index is -0.0299. The largest absolute Gasteiger partial charge is 0.299 e. The van der Waals surface area contributed by atoms with Crippen molar-refractivity contribution in [3.05, 3.63) is 11.1 Å². The minimum Gasteiger partial charge on any atom is -0.299 e. The van der Waals surface area contributed by atoms with Crippen LogP contribution in [0.15, 0.2) is 11.1 Å². The van der Waals surface area contributed by atoms with Crippen molar-refractivity contribution in [3.63, 3.8) is 0 Å². The molecule has 1 N–H and O–H groups in total. The fraction of sp³-hybridized carbons (Fsp3) is 0.833. The number of rotatable bonds is 4. The van der Waals surface area contributed by atoms with Gasteiger partial charge in [-0.15, -0.1) is 4.33 Å². The molecular formula is C18H26O5S. The van der Waals surface area contributed by atoms with Crippen LogP contribution in [0.3, 0.4) is 0 Å². The van der Waals surface area contributed by atoms with Gasteiger partial charge in [0.05, 0.1) is 6.10 Å². The molecule has 0 heterocycles. The van der Waals surface area contributed by atoms with E-state index in [1.54, 1.807) is 11.1 Å². The summed E-state index contributed by atoms with van der Waals surface area (Å²) in [5.74, 6) is 2.54. The Hall–Kier alpha value is -0.400. The Balaban J connectivity index is 1.47. The van der Waals surface area contributed by atoms with Gasteiger partial charge in [0, 0.05) is 11.8 Å². The molecular weight excluding hydrogens is 328 g/mol. The molecule has 4 unspecified atom stereocenters. The van der Waals surface area contributed by atoms with E-state index in [0.717, 1.165) is 44.9 Å². The first-order valence-corrected chi connectivity index (χ1v) is 9.84. The lowest BCUT2D eigenvalue weighted by Gasteiger charge is -2.50. The molecule has 5 nitrogen and oxygen atoms in total. The fourth-order valence-corrected chi connectivity index (χ4v) is 6.44. The molecule has 0 radical (unpaired) electrons. The van der Waals surface area contributed by atoms with Gasteiger partial charge in [-0.05, 0) is 69.1 Å². The molecule has 0 saturated heterocycles. The van der Waals surface area contributed by atoms with Crippen LogP contribution in [0.4, 0.5) is 0 Å². The molecule has 24 heavy (non-hydrogen) atoms. The van der Waals surface area contributed by atoms with E-state index in [1.165, 1.54) is 12.8 Å². The van der Waals surface area contributed by atoms with Crippen molar-refractivity contribution in [2.75, 3.05) is 0 Å². The van der Waals surface area contributed by atoms with Gasteiger partial charge in [-0.25, -0.2) is 5.26 Å². The number of hydrogen-bond acceptors (Lipinski definition) is 6. The Morgan fingerprint density at radius 2 is 2.04 bits per heavy atom. The van der Waals surface area contributed by atoms with E-state index in [0.29, 0.717) is 35.9 Å². The summed E-state index contributed by atoms with van der Waals surface area (Å²) < 4.78 is 9.87. The van der Waals surface area contributed by atoms with Gasteiger partial charge in [-0.3, -0.25) is 8.98 Å². The van der Waals surface area contributed by atoms with E-state index in [9.17, 15) is 4.79 Å². The lowest BCUT2D eigenvalue weighted by Crippen LogP contribution is -2.44. The molecule has 2 fully saturated rings. The molecule has 5 atom stereocenters. The molecule has 4 aliphatic carbocycles. The second-order valence-electron chi connectivity index (χ2n) is 8.13. The van der Waals surface area contributed by atoms with Crippen molar-refractivity contribution in [2.24, 2.45) is 23.2 Å². The Kier molecular flexibility index (Phi) is 4.77. The van der Waals surface area contributed by atoms with Crippen molar-refractivity contribution in [1.29, 1.82) is 0 Å². The van der Waals surface area contributed by atoms with Crippen molar-refractivity contribution in [1.82, 2.24) is 0 Å². The molecule has 4 aliphatic rings. The van der Waals surface area contributed by atoms with Crippen molar-refractivity contribution in [3.8, 4) is 0 Å². The Labute approximate surface area is 147 Å². The lowest BCUT2D eigenvalue weighted by molar-refractivity contribution is -0.434. The topological polar surface area (TPSA) is 65.0 Å². The number of Topliss-reactive ketones (excluding diaryl/α,β-unsaturated/α-hetero) is 1. The minimum absolute atomic E-state index is 0.0299. The van der Waals surface area contributed by atoms with Crippen LogP contribution in [0.1, 0.15) is 64.7 Å². The van der Waals surface area contributed by atoms with Crippen molar-refractivity contribution < 1.29 is 23.6 Å². The molecule has 6 heteroatoms. The standard InChI is InChI=1S/C18H26O5S/c1-18-9-8-14-13-5-3-12(21-24-23-22-20)10-11(13)2-4-15(14)16(18)6-7-17(18)19/h12,14-16,20H,2-10H2,1H3/t12-,14?,15?,16?,18?/m1/s1. The highest BCUT2D eigenvalue weighted by Gasteiger charge is 2.55. The highest BCUT2D eigenvalue weighted by atomic mass is 32.2. The maximum absolute atomic E-state index is 12.4. The van der Waals surface area contributed by atoms with Crippen LogP contribution in [-0.4, -0.2) is 17.1 Å². The number of fused-ring (bicyclic) bond motifs is 4. The Morgan fingerprint density at radius 3 is 2.88 bits per heavy atom. The molecule has 0 aromatic carbocycles. The average molecular weight is 354 g/mol. The van der Waals surface area contributed by atoms with Crippen LogP contribution in [0.2, 0.25) is 0 Å². The van der Waals surface area contributed by atoms with Crippen LogP contribution in [0.5, 0.6) is 0 Å². The first kappa shape index (κ1) is 17.0. The number of carbonyl (C=O) groups is 1. The SMILES string of the molecule is CC12CCC3C4=C(CCC3C1CCC2=O)C[C@H](OSOOO)CC4. The highest BCUT2D eigenvalue weighted by Crippen LogP contribution is 2.60. The fourth-order valence-electron chi connectivity index (χ4n) is 6.11. The molecule has 2 saturated carbocycles. The number of ketones is 1. The van der Waals surface area contributed by atoms with E-state index >= 15 is 0 Å². The Bertz CT molecular complexity index is 548. The molecule has 134 valence electrons. The summed E-state index contributed by atoms with van der Waals surface area (Å²) in [6.45, 7) is 2.23. The van der Waals surface area contributed by atoms with Gasteiger partial charge in [0.15, 0.2) is 12.3 Å². The zero-order chi connectivity index (χ0) is 16.7. The van der Waals surface area contributed by atoms with Crippen LogP contribution in [-0.2, 0) is 18.3 Å². The zero-order valence-corrected chi connectivity index (χ0v) is 15.0. The lowest BCUT2D eigenvalue weighted by atomic mass is 9.54. The first-order chi connectivity index (χ1) is 11.6. The van der Waals surface area contributed by atoms with Crippen molar-refractivity contribution >= 4 is 18.1 Å². The van der Waals surface area contributed by atoms with Crippen LogP contribution >= 0.6 is 12.3 Å². The molecule has 0 amide bonds. The van der Waals surface area contributed by atoms with E-state index in [2.05, 4.69) is 16.3 Å². The average Bonchev–Trinajstić information content (AvgIpc) is 2.90. The predicted molar refractivity (Wildman–Crippen MR) is 89.4 cm³/mol. The second-order valence-corrected chi connectivity index (χ2v) is 8.60. The van der Waals surface area contributed by atoms with Gasteiger partial charge in [-0.1, -0.05) is 23.1 Å². The van der Waals surface area contributed by atoms with Gasteiger partial charge in [-0.2, -0.15) is 0 Å². The van der Waals surface area contributed by atoms with Gasteiger partial charge in [0.1, 0.15) is 5.78 Å². The Morgan fingerprint density at radius 1 is 1.17 bits per heavy atom. The summed E-state index contributed by atoms with van der Waals surface area (Å²) >= 11 is 0.702. The normalized spacial score (nSPS) is 41.8. The van der Waals surface area contributed by atoms with Crippen molar-refractivity contribution in [2.45, 2.75) is 70.8 Å². The smallest absolute Gasteiger partial charge is 0.197 e. The summed E-state index contributed by atoms with van der Waals surface area (Å²) in [6, 6.07) is 0. The molecule has 0 spiro atoms. The first-order valence-electron chi connectivity index (χ1n) is 9.18. The molecule has 0 aromatic heterocycles. The molecule has 0 aliphatic heterocycles. The van der Waals surface area contributed by atoms with Crippen LogP contribution in [0.25, 0.3) is 0 Å². The van der Waals surface area contributed by atoms with Gasteiger partial charge in [0.2, 0.25) is 0 Å². The van der Waals surface area contributed by atoms with E-state index < -0.39 is 0 Å². The third-order valence-electron chi connectivity index (χ3n) is 7.27. The second kappa shape index (κ2) is 6.72. The van der Waals surface area contributed by atoms with E-state index in [1.807, 2.05) is 0 Å². The number of hydrogen-bond donors (Lipinski definition) is 1. The summed E-state index contributed by atoms with van der Waals surface area (Å²) in [5.41, 5.74) is 3.22. The maximum atomic E-state index is 12.4. The molecule has 0 aromatic rings. The quantitative estimate of drug-likeness (QED) is 0.261. The van der Waals surface area contributed by atoms with Crippen LogP contribution < -0.4 is 0 Å². The number of allylic oxidation sites excluding steroid dienone is 1. The van der Waals surface area contributed by atoms with E-state index in [-0.39, 0.29) is 11.5 Å². The molecule has 4 rings (SSSR count). The predicted octanol–water partition coefficient (Wildman–Crippen LogP) is 4.64. The zero-order valence-electron chi connectivity index (χ0n) is 14.2. The highest BCUT2D eigenvalue weighted by molar-refractivity contribution is 7.89. The number of carbonyl (C=O) groups excluding carboxylic acids is 1. The van der Waals surface area contributed by atoms with E-state index in [4.69, 9.17) is 9.44 Å². The van der Waals surface area contributed by atoms with Gasteiger partial charge < -0.3 is 0 Å².